The lowest BCUT2D eigenvalue weighted by atomic mass is 10.0. The molecule has 0 radical (unpaired) electrons. The fraction of sp³-hybridized carbons (Fsp3) is 0.667. The summed E-state index contributed by atoms with van der Waals surface area (Å²) in [5.74, 6) is 0.963. The van der Waals surface area contributed by atoms with Gasteiger partial charge < -0.3 is 15.5 Å². The van der Waals surface area contributed by atoms with Crippen LogP contribution >= 0.6 is 0 Å². The lowest BCUT2D eigenvalue weighted by Gasteiger charge is -2.35. The zero-order valence-corrected chi connectivity index (χ0v) is 10.6. The van der Waals surface area contributed by atoms with Gasteiger partial charge in [0.05, 0.1) is 11.9 Å². The lowest BCUT2D eigenvalue weighted by Crippen LogP contribution is -2.42. The molecule has 0 atom stereocenters. The van der Waals surface area contributed by atoms with Gasteiger partial charge >= 0.3 is 0 Å². The van der Waals surface area contributed by atoms with Crippen molar-refractivity contribution in [2.45, 2.75) is 25.4 Å². The number of hydrogen-bond acceptors (Lipinski definition) is 5. The van der Waals surface area contributed by atoms with Crippen LogP contribution in [0.1, 0.15) is 18.5 Å². The Morgan fingerprint density at radius 3 is 2.65 bits per heavy atom. The second-order valence-corrected chi connectivity index (χ2v) is 4.75. The van der Waals surface area contributed by atoms with E-state index in [9.17, 15) is 0 Å². The monoisotopic (exact) mass is 235 g/mol. The summed E-state index contributed by atoms with van der Waals surface area (Å²) in [7, 11) is 4.30. The van der Waals surface area contributed by atoms with Crippen LogP contribution in [0.5, 0.6) is 0 Å². The number of hydrogen-bond donors (Lipinski definition) is 1. The van der Waals surface area contributed by atoms with Crippen LogP contribution in [0.4, 0.5) is 5.82 Å². The lowest BCUT2D eigenvalue weighted by molar-refractivity contribution is 0.249. The number of aromatic nitrogens is 2. The topological polar surface area (TPSA) is 58.3 Å². The minimum absolute atomic E-state index is 0.453. The average molecular weight is 235 g/mol. The van der Waals surface area contributed by atoms with Crippen LogP contribution in [0, 0.1) is 0 Å². The molecule has 0 unspecified atom stereocenters. The van der Waals surface area contributed by atoms with Gasteiger partial charge in [0.25, 0.3) is 0 Å². The molecular weight excluding hydrogens is 214 g/mol. The first-order valence-corrected chi connectivity index (χ1v) is 6.13. The molecule has 17 heavy (non-hydrogen) atoms. The van der Waals surface area contributed by atoms with Gasteiger partial charge in [0.1, 0.15) is 5.82 Å². The van der Waals surface area contributed by atoms with Gasteiger partial charge in [-0.3, -0.25) is 4.98 Å². The third kappa shape index (κ3) is 2.92. The van der Waals surface area contributed by atoms with Crippen molar-refractivity contribution in [3.05, 3.63) is 18.1 Å². The van der Waals surface area contributed by atoms with E-state index in [1.165, 1.54) is 12.8 Å². The van der Waals surface area contributed by atoms with Crippen molar-refractivity contribution < 1.29 is 0 Å². The maximum atomic E-state index is 5.58. The zero-order valence-electron chi connectivity index (χ0n) is 10.6. The van der Waals surface area contributed by atoms with E-state index in [4.69, 9.17) is 5.73 Å². The number of nitrogens with zero attached hydrogens (tertiary/aromatic N) is 4. The summed E-state index contributed by atoms with van der Waals surface area (Å²) < 4.78 is 0. The number of anilines is 1. The number of rotatable bonds is 3. The molecule has 1 fully saturated rings. The third-order valence-corrected chi connectivity index (χ3v) is 3.40. The largest absolute Gasteiger partial charge is 0.355 e. The standard InChI is InChI=1S/C12H21N5/c1-16(2)11-3-5-17(6-4-11)12-9-14-8-10(7-13)15-12/h8-9,11H,3-7,13H2,1-2H3. The first-order valence-electron chi connectivity index (χ1n) is 6.13. The van der Waals surface area contributed by atoms with Crippen molar-refractivity contribution in [2.75, 3.05) is 32.1 Å². The van der Waals surface area contributed by atoms with Gasteiger partial charge in [0.15, 0.2) is 0 Å². The third-order valence-electron chi connectivity index (χ3n) is 3.40. The Hall–Kier alpha value is -1.20. The van der Waals surface area contributed by atoms with Crippen LogP contribution in [0.3, 0.4) is 0 Å². The Kier molecular flexibility index (Phi) is 3.91. The molecule has 1 aromatic heterocycles. The molecule has 0 spiro atoms. The van der Waals surface area contributed by atoms with E-state index in [1.807, 2.05) is 6.20 Å². The molecule has 0 aliphatic carbocycles. The fourth-order valence-electron chi connectivity index (χ4n) is 2.26. The van der Waals surface area contributed by atoms with Crippen LogP contribution in [0.2, 0.25) is 0 Å². The molecule has 0 amide bonds. The van der Waals surface area contributed by atoms with E-state index < -0.39 is 0 Å². The molecule has 1 saturated heterocycles. The van der Waals surface area contributed by atoms with Crippen molar-refractivity contribution in [3.63, 3.8) is 0 Å². The molecule has 2 rings (SSSR count). The molecule has 0 bridgehead atoms. The van der Waals surface area contributed by atoms with Gasteiger partial charge in [-0.05, 0) is 26.9 Å². The summed E-state index contributed by atoms with van der Waals surface area (Å²) in [4.78, 5) is 13.3. The molecule has 0 saturated carbocycles. The Morgan fingerprint density at radius 2 is 2.06 bits per heavy atom. The van der Waals surface area contributed by atoms with E-state index in [2.05, 4.69) is 33.9 Å². The van der Waals surface area contributed by atoms with Crippen molar-refractivity contribution in [1.82, 2.24) is 14.9 Å². The van der Waals surface area contributed by atoms with Crippen molar-refractivity contribution >= 4 is 5.82 Å². The van der Waals surface area contributed by atoms with E-state index in [0.717, 1.165) is 24.6 Å². The van der Waals surface area contributed by atoms with Crippen LogP contribution in [-0.2, 0) is 6.54 Å². The van der Waals surface area contributed by atoms with Gasteiger partial charge in [0.2, 0.25) is 0 Å². The van der Waals surface area contributed by atoms with E-state index in [1.54, 1.807) is 6.20 Å². The summed E-state index contributed by atoms with van der Waals surface area (Å²) in [6, 6.07) is 0.692. The van der Waals surface area contributed by atoms with Crippen LogP contribution < -0.4 is 10.6 Å². The quantitative estimate of drug-likeness (QED) is 0.825. The predicted octanol–water partition coefficient (Wildman–Crippen LogP) is 0.466. The highest BCUT2D eigenvalue weighted by Crippen LogP contribution is 2.19. The van der Waals surface area contributed by atoms with Crippen molar-refractivity contribution in [2.24, 2.45) is 5.73 Å². The number of nitrogens with two attached hydrogens (primary N) is 1. The van der Waals surface area contributed by atoms with Gasteiger partial charge in [-0.25, -0.2) is 4.98 Å². The maximum Gasteiger partial charge on any atom is 0.147 e. The molecule has 1 aromatic rings. The highest BCUT2D eigenvalue weighted by molar-refractivity contribution is 5.36. The minimum atomic E-state index is 0.453. The predicted molar refractivity (Wildman–Crippen MR) is 68.8 cm³/mol. The smallest absolute Gasteiger partial charge is 0.147 e. The minimum Gasteiger partial charge on any atom is -0.355 e. The summed E-state index contributed by atoms with van der Waals surface area (Å²) in [5, 5.41) is 0. The second kappa shape index (κ2) is 5.42. The number of piperidine rings is 1. The average Bonchev–Trinajstić information content (AvgIpc) is 2.39. The molecule has 94 valence electrons. The SMILES string of the molecule is CN(C)C1CCN(c2cncc(CN)n2)CC1. The Morgan fingerprint density at radius 1 is 1.35 bits per heavy atom. The van der Waals surface area contributed by atoms with Crippen LogP contribution in [0.15, 0.2) is 12.4 Å². The van der Waals surface area contributed by atoms with Gasteiger partial charge in [-0.1, -0.05) is 0 Å². The van der Waals surface area contributed by atoms with E-state index in [-0.39, 0.29) is 0 Å². The Bertz CT molecular complexity index is 358. The summed E-state index contributed by atoms with van der Waals surface area (Å²) in [6.45, 7) is 2.55. The second-order valence-electron chi connectivity index (χ2n) is 4.75. The highest BCUT2D eigenvalue weighted by atomic mass is 15.2. The maximum absolute atomic E-state index is 5.58. The normalized spacial score (nSPS) is 17.8. The van der Waals surface area contributed by atoms with Crippen LogP contribution in [0.25, 0.3) is 0 Å². The molecule has 1 aliphatic heterocycles. The molecule has 5 nitrogen and oxygen atoms in total. The Balaban J connectivity index is 2.00. The zero-order chi connectivity index (χ0) is 12.3. The van der Waals surface area contributed by atoms with E-state index in [0.29, 0.717) is 12.6 Å². The molecule has 2 N–H and O–H groups in total. The van der Waals surface area contributed by atoms with Gasteiger partial charge in [-0.15, -0.1) is 0 Å². The van der Waals surface area contributed by atoms with E-state index >= 15 is 0 Å². The van der Waals surface area contributed by atoms with Gasteiger partial charge in [0, 0.05) is 31.9 Å². The first kappa shape index (κ1) is 12.3. The fourth-order valence-corrected chi connectivity index (χ4v) is 2.26. The summed E-state index contributed by atoms with van der Waals surface area (Å²) in [5.41, 5.74) is 6.44. The van der Waals surface area contributed by atoms with Crippen LogP contribution in [-0.4, -0.2) is 48.1 Å². The summed E-state index contributed by atoms with van der Waals surface area (Å²) >= 11 is 0. The first-order chi connectivity index (χ1) is 8.20. The van der Waals surface area contributed by atoms with Crippen molar-refractivity contribution in [3.8, 4) is 0 Å². The highest BCUT2D eigenvalue weighted by Gasteiger charge is 2.21. The summed E-state index contributed by atoms with van der Waals surface area (Å²) in [6.07, 6.45) is 5.92. The molecule has 5 heteroatoms. The molecule has 2 heterocycles. The van der Waals surface area contributed by atoms with Gasteiger partial charge in [-0.2, -0.15) is 0 Å². The van der Waals surface area contributed by atoms with Crippen molar-refractivity contribution in [1.29, 1.82) is 0 Å². The Labute approximate surface area is 103 Å². The molecule has 0 aromatic carbocycles. The molecular formula is C12H21N5. The molecule has 1 aliphatic rings.